The normalized spacial score (nSPS) is 12.2. The van der Waals surface area contributed by atoms with E-state index < -0.39 is 0 Å². The smallest absolute Gasteiger partial charge is 0.272 e. The maximum atomic E-state index is 13.0. The Bertz CT molecular complexity index is 1220. The van der Waals surface area contributed by atoms with Crippen LogP contribution in [-0.2, 0) is 24.2 Å². The third kappa shape index (κ3) is 5.88. The zero-order chi connectivity index (χ0) is 22.3. The minimum atomic E-state index is -0.0416. The lowest BCUT2D eigenvalue weighted by Gasteiger charge is -2.15. The minimum absolute atomic E-state index is 0.0271. The van der Waals surface area contributed by atoms with Crippen molar-refractivity contribution in [3.8, 4) is 0 Å². The molecular weight excluding hydrogens is 458 g/mol. The van der Waals surface area contributed by atoms with Gasteiger partial charge in [0.2, 0.25) is 5.91 Å². The number of aryl methyl sites for hydroxylation is 2. The molecule has 0 saturated heterocycles. The first-order valence-corrected chi connectivity index (χ1v) is 13.3. The van der Waals surface area contributed by atoms with Crippen LogP contribution in [0.2, 0.25) is 0 Å². The number of amides is 1. The number of benzene rings is 1. The first-order valence-electron chi connectivity index (χ1n) is 10.6. The van der Waals surface area contributed by atoms with E-state index in [-0.39, 0.29) is 23.3 Å². The van der Waals surface area contributed by atoms with Gasteiger partial charge in [-0.25, -0.2) is 4.98 Å². The Kier molecular flexibility index (Phi) is 7.78. The van der Waals surface area contributed by atoms with Crippen LogP contribution in [0.4, 0.5) is 0 Å². The van der Waals surface area contributed by atoms with E-state index in [9.17, 15) is 9.59 Å². The topological polar surface area (TPSA) is 64.0 Å². The molecule has 0 aliphatic carbocycles. The molecule has 8 heteroatoms. The molecule has 1 atom stereocenters. The van der Waals surface area contributed by atoms with E-state index in [1.165, 1.54) is 33.5 Å². The fourth-order valence-corrected chi connectivity index (χ4v) is 5.77. The van der Waals surface area contributed by atoms with Gasteiger partial charge in [-0.15, -0.1) is 22.7 Å². The largest absolute Gasteiger partial charge is 0.353 e. The number of nitrogens with one attached hydrogen (secondary N) is 1. The van der Waals surface area contributed by atoms with Gasteiger partial charge in [0.25, 0.3) is 5.56 Å². The van der Waals surface area contributed by atoms with E-state index >= 15 is 0 Å². The van der Waals surface area contributed by atoms with Crippen molar-refractivity contribution in [2.24, 2.45) is 0 Å². The van der Waals surface area contributed by atoms with Crippen molar-refractivity contribution >= 4 is 50.6 Å². The molecule has 3 heterocycles. The summed E-state index contributed by atoms with van der Waals surface area (Å²) < 4.78 is 2.38. The number of thiophene rings is 2. The summed E-state index contributed by atoms with van der Waals surface area (Å²) in [7, 11) is 0. The van der Waals surface area contributed by atoms with Gasteiger partial charge in [-0.3, -0.25) is 14.2 Å². The lowest BCUT2D eigenvalue weighted by molar-refractivity contribution is -0.119. The van der Waals surface area contributed by atoms with Crippen molar-refractivity contribution in [2.45, 2.75) is 43.9 Å². The van der Waals surface area contributed by atoms with Crippen LogP contribution in [0.1, 0.15) is 23.8 Å². The van der Waals surface area contributed by atoms with Crippen LogP contribution >= 0.6 is 34.4 Å². The Morgan fingerprint density at radius 3 is 2.72 bits per heavy atom. The Labute approximate surface area is 199 Å². The molecule has 0 aliphatic rings. The van der Waals surface area contributed by atoms with E-state index in [4.69, 9.17) is 0 Å². The molecule has 0 aliphatic heterocycles. The first-order chi connectivity index (χ1) is 15.6. The molecule has 1 aromatic carbocycles. The molecule has 0 unspecified atom stereocenters. The average molecular weight is 484 g/mol. The zero-order valence-electron chi connectivity index (χ0n) is 17.8. The molecular formula is C24H25N3O2S3. The third-order valence-electron chi connectivity index (χ3n) is 5.14. The maximum absolute atomic E-state index is 13.0. The van der Waals surface area contributed by atoms with E-state index in [1.807, 2.05) is 48.0 Å². The molecule has 0 radical (unpaired) electrons. The number of aromatic nitrogens is 2. The Hall–Kier alpha value is -2.42. The molecule has 0 bridgehead atoms. The van der Waals surface area contributed by atoms with E-state index in [1.54, 1.807) is 15.9 Å². The number of carbonyl (C=O) groups is 1. The standard InChI is InChI=1S/C24H25N3O2S3/c1-17(9-10-18-6-3-2-4-7-18)25-21(28)16-32-24-26-20-12-15-31-22(20)23(29)27(24)13-11-19-8-5-14-30-19/h2-8,12,14-15,17H,9-11,13,16H2,1H3,(H,25,28)/t17-/m1/s1. The average Bonchev–Trinajstić information content (AvgIpc) is 3.48. The van der Waals surface area contributed by atoms with Gasteiger partial charge in [0.1, 0.15) is 4.70 Å². The van der Waals surface area contributed by atoms with Gasteiger partial charge in [0, 0.05) is 17.5 Å². The molecule has 4 aromatic rings. The zero-order valence-corrected chi connectivity index (χ0v) is 20.3. The molecule has 3 aromatic heterocycles. The maximum Gasteiger partial charge on any atom is 0.272 e. The number of hydrogen-bond acceptors (Lipinski definition) is 6. The molecule has 0 spiro atoms. The number of hydrogen-bond donors (Lipinski definition) is 1. The van der Waals surface area contributed by atoms with Crippen molar-refractivity contribution in [2.75, 3.05) is 5.75 Å². The molecule has 5 nitrogen and oxygen atoms in total. The lowest BCUT2D eigenvalue weighted by atomic mass is 10.1. The summed E-state index contributed by atoms with van der Waals surface area (Å²) in [5.41, 5.74) is 1.94. The highest BCUT2D eigenvalue weighted by atomic mass is 32.2. The molecule has 166 valence electrons. The summed E-state index contributed by atoms with van der Waals surface area (Å²) in [6.45, 7) is 2.58. The van der Waals surface area contributed by atoms with Crippen LogP contribution in [0.3, 0.4) is 0 Å². The van der Waals surface area contributed by atoms with Crippen LogP contribution < -0.4 is 10.9 Å². The van der Waals surface area contributed by atoms with Crippen molar-refractivity contribution in [1.82, 2.24) is 14.9 Å². The number of rotatable bonds is 10. The quantitative estimate of drug-likeness (QED) is 0.255. The number of fused-ring (bicyclic) bond motifs is 1. The Morgan fingerprint density at radius 1 is 1.09 bits per heavy atom. The molecule has 1 N–H and O–H groups in total. The van der Waals surface area contributed by atoms with E-state index in [2.05, 4.69) is 28.5 Å². The number of carbonyl (C=O) groups excluding carboxylic acids is 1. The van der Waals surface area contributed by atoms with Crippen LogP contribution in [0.15, 0.2) is 69.2 Å². The summed E-state index contributed by atoms with van der Waals surface area (Å²) in [4.78, 5) is 31.5. The van der Waals surface area contributed by atoms with Gasteiger partial charge in [-0.05, 0) is 54.6 Å². The van der Waals surface area contributed by atoms with Gasteiger partial charge in [-0.2, -0.15) is 0 Å². The summed E-state index contributed by atoms with van der Waals surface area (Å²) in [6.07, 6.45) is 2.57. The SMILES string of the molecule is C[C@H](CCc1ccccc1)NC(=O)CSc1nc2ccsc2c(=O)n1CCc1cccs1. The summed E-state index contributed by atoms with van der Waals surface area (Å²) in [5, 5.41) is 7.60. The summed E-state index contributed by atoms with van der Waals surface area (Å²) in [5.74, 6) is 0.191. The lowest BCUT2D eigenvalue weighted by Crippen LogP contribution is -2.34. The monoisotopic (exact) mass is 483 g/mol. The summed E-state index contributed by atoms with van der Waals surface area (Å²) >= 11 is 4.43. The molecule has 4 rings (SSSR count). The van der Waals surface area contributed by atoms with Crippen molar-refractivity contribution in [1.29, 1.82) is 0 Å². The fraction of sp³-hybridized carbons (Fsp3) is 0.292. The number of nitrogens with zero attached hydrogens (tertiary/aromatic N) is 2. The van der Waals surface area contributed by atoms with Gasteiger partial charge < -0.3 is 5.32 Å². The van der Waals surface area contributed by atoms with Gasteiger partial charge in [-0.1, -0.05) is 48.2 Å². The predicted octanol–water partition coefficient (Wildman–Crippen LogP) is 4.99. The first kappa shape index (κ1) is 22.8. The van der Waals surface area contributed by atoms with Crippen LogP contribution in [-0.4, -0.2) is 27.3 Å². The van der Waals surface area contributed by atoms with Gasteiger partial charge >= 0.3 is 0 Å². The van der Waals surface area contributed by atoms with E-state index in [0.717, 1.165) is 19.3 Å². The molecule has 32 heavy (non-hydrogen) atoms. The molecule has 1 amide bonds. The van der Waals surface area contributed by atoms with Crippen molar-refractivity contribution < 1.29 is 4.79 Å². The second kappa shape index (κ2) is 10.9. The Morgan fingerprint density at radius 2 is 1.94 bits per heavy atom. The van der Waals surface area contributed by atoms with E-state index in [0.29, 0.717) is 21.9 Å². The highest BCUT2D eigenvalue weighted by Gasteiger charge is 2.15. The number of thioether (sulfide) groups is 1. The highest BCUT2D eigenvalue weighted by molar-refractivity contribution is 7.99. The minimum Gasteiger partial charge on any atom is -0.353 e. The van der Waals surface area contributed by atoms with Crippen LogP contribution in [0.5, 0.6) is 0 Å². The van der Waals surface area contributed by atoms with Crippen LogP contribution in [0.25, 0.3) is 10.2 Å². The highest BCUT2D eigenvalue weighted by Crippen LogP contribution is 2.22. The molecule has 0 fully saturated rings. The second-order valence-electron chi connectivity index (χ2n) is 7.60. The van der Waals surface area contributed by atoms with Gasteiger partial charge in [0.15, 0.2) is 5.16 Å². The predicted molar refractivity (Wildman–Crippen MR) is 135 cm³/mol. The molecule has 0 saturated carbocycles. The summed E-state index contributed by atoms with van der Waals surface area (Å²) in [6, 6.07) is 16.3. The Balaban J connectivity index is 1.38. The van der Waals surface area contributed by atoms with Crippen molar-refractivity contribution in [3.63, 3.8) is 0 Å². The van der Waals surface area contributed by atoms with Gasteiger partial charge in [0.05, 0.1) is 11.3 Å². The second-order valence-corrected chi connectivity index (χ2v) is 10.5. The van der Waals surface area contributed by atoms with Crippen molar-refractivity contribution in [3.05, 3.63) is 80.1 Å². The third-order valence-corrected chi connectivity index (χ3v) is 7.95. The fourth-order valence-electron chi connectivity index (χ4n) is 3.45. The van der Waals surface area contributed by atoms with Crippen LogP contribution in [0, 0.1) is 0 Å².